The van der Waals surface area contributed by atoms with Crippen molar-refractivity contribution in [2.75, 3.05) is 5.32 Å². The van der Waals surface area contributed by atoms with Crippen LogP contribution in [-0.2, 0) is 4.79 Å². The summed E-state index contributed by atoms with van der Waals surface area (Å²) in [4.78, 5) is 27.5. The SMILES string of the molecule is O=C(c1ccccc1)c1ccc2c(c1)N=CC(C(=O)C(F)(F)F)=C(C(F)(F)F)N2. The lowest BCUT2D eigenvalue weighted by molar-refractivity contribution is -0.166. The molecular weight excluding hydrogens is 402 g/mol. The lowest BCUT2D eigenvalue weighted by Crippen LogP contribution is -2.31. The molecule has 0 spiro atoms. The largest absolute Gasteiger partial charge is 0.455 e. The number of fused-ring (bicyclic) bond motifs is 1. The lowest BCUT2D eigenvalue weighted by Gasteiger charge is -2.17. The van der Waals surface area contributed by atoms with Gasteiger partial charge in [0.05, 0.1) is 16.9 Å². The Bertz CT molecular complexity index is 1040. The maximum atomic E-state index is 13.3. The van der Waals surface area contributed by atoms with Crippen molar-refractivity contribution in [1.82, 2.24) is 0 Å². The molecule has 10 heteroatoms. The van der Waals surface area contributed by atoms with Crippen LogP contribution in [0, 0.1) is 0 Å². The second kappa shape index (κ2) is 7.19. The van der Waals surface area contributed by atoms with E-state index in [9.17, 15) is 35.9 Å². The lowest BCUT2D eigenvalue weighted by atomic mass is 10.0. The van der Waals surface area contributed by atoms with Crippen molar-refractivity contribution in [3.05, 3.63) is 70.9 Å². The first kappa shape index (κ1) is 20.3. The number of aliphatic imine (C=N–C) groups is 1. The number of hydrogen-bond acceptors (Lipinski definition) is 4. The van der Waals surface area contributed by atoms with Crippen LogP contribution in [0.5, 0.6) is 0 Å². The molecule has 1 heterocycles. The molecule has 0 saturated carbocycles. The molecule has 1 aliphatic rings. The fraction of sp³-hybridized carbons (Fsp3) is 0.105. The summed E-state index contributed by atoms with van der Waals surface area (Å²) in [7, 11) is 0. The van der Waals surface area contributed by atoms with E-state index in [1.165, 1.54) is 18.2 Å². The van der Waals surface area contributed by atoms with Crippen LogP contribution in [0.1, 0.15) is 15.9 Å². The molecule has 0 aromatic heterocycles. The van der Waals surface area contributed by atoms with E-state index < -0.39 is 35.2 Å². The number of ketones is 2. The van der Waals surface area contributed by atoms with E-state index in [1.54, 1.807) is 23.5 Å². The molecule has 2 aromatic carbocycles. The third kappa shape index (κ3) is 4.20. The predicted molar refractivity (Wildman–Crippen MR) is 92.2 cm³/mol. The van der Waals surface area contributed by atoms with Crippen molar-refractivity contribution in [2.45, 2.75) is 12.4 Å². The Balaban J connectivity index is 2.06. The topological polar surface area (TPSA) is 58.5 Å². The smallest absolute Gasteiger partial charge is 0.349 e. The molecule has 0 fully saturated rings. The fourth-order valence-corrected chi connectivity index (χ4v) is 2.59. The molecule has 1 N–H and O–H groups in total. The molecule has 1 aliphatic heterocycles. The molecule has 0 bridgehead atoms. The van der Waals surface area contributed by atoms with Gasteiger partial charge in [-0.05, 0) is 18.2 Å². The number of carbonyl (C=O) groups is 2. The van der Waals surface area contributed by atoms with E-state index in [1.807, 2.05) is 0 Å². The Morgan fingerprint density at radius 3 is 2.10 bits per heavy atom. The van der Waals surface area contributed by atoms with Crippen LogP contribution in [0.2, 0.25) is 0 Å². The molecule has 0 radical (unpaired) electrons. The van der Waals surface area contributed by atoms with E-state index >= 15 is 0 Å². The Hall–Kier alpha value is -3.43. The first-order valence-electron chi connectivity index (χ1n) is 7.96. The molecule has 0 atom stereocenters. The van der Waals surface area contributed by atoms with Crippen LogP contribution in [0.4, 0.5) is 37.7 Å². The van der Waals surface area contributed by atoms with E-state index in [-0.39, 0.29) is 23.2 Å². The summed E-state index contributed by atoms with van der Waals surface area (Å²) in [6.07, 6.45) is -10.6. The average Bonchev–Trinajstić information content (AvgIpc) is 2.85. The molecule has 0 saturated heterocycles. The Morgan fingerprint density at radius 1 is 0.862 bits per heavy atom. The van der Waals surface area contributed by atoms with Gasteiger partial charge in [0, 0.05) is 17.3 Å². The highest BCUT2D eigenvalue weighted by atomic mass is 19.4. The van der Waals surface area contributed by atoms with Gasteiger partial charge < -0.3 is 5.32 Å². The molecule has 29 heavy (non-hydrogen) atoms. The molecule has 2 aromatic rings. The van der Waals surface area contributed by atoms with Gasteiger partial charge in [0.2, 0.25) is 0 Å². The number of nitrogens with zero attached hydrogens (tertiary/aromatic N) is 1. The number of halogens is 6. The minimum absolute atomic E-state index is 0.0630. The summed E-state index contributed by atoms with van der Waals surface area (Å²) in [6, 6.07) is 11.4. The van der Waals surface area contributed by atoms with Crippen LogP contribution in [0.3, 0.4) is 0 Å². The van der Waals surface area contributed by atoms with Crippen LogP contribution in [-0.4, -0.2) is 30.1 Å². The molecule has 0 aliphatic carbocycles. The number of anilines is 1. The van der Waals surface area contributed by atoms with Gasteiger partial charge in [-0.3, -0.25) is 14.6 Å². The van der Waals surface area contributed by atoms with Gasteiger partial charge in [-0.25, -0.2) is 0 Å². The predicted octanol–water partition coefficient (Wildman–Crippen LogP) is 4.99. The Kier molecular flexibility index (Phi) is 5.04. The minimum atomic E-state index is -5.52. The van der Waals surface area contributed by atoms with Crippen molar-refractivity contribution in [3.63, 3.8) is 0 Å². The van der Waals surface area contributed by atoms with Crippen LogP contribution >= 0.6 is 0 Å². The number of benzene rings is 2. The molecular formula is C19H10F6N2O2. The van der Waals surface area contributed by atoms with Gasteiger partial charge in [0.25, 0.3) is 5.78 Å². The van der Waals surface area contributed by atoms with Gasteiger partial charge in [0.1, 0.15) is 5.70 Å². The maximum Gasteiger partial charge on any atom is 0.455 e. The van der Waals surface area contributed by atoms with E-state index in [0.717, 1.165) is 12.1 Å². The van der Waals surface area contributed by atoms with Crippen molar-refractivity contribution in [3.8, 4) is 0 Å². The number of Topliss-reactive ketones (excluding diaryl/α,β-unsaturated/α-hetero) is 1. The zero-order valence-electron chi connectivity index (χ0n) is 14.2. The van der Waals surface area contributed by atoms with E-state index in [2.05, 4.69) is 4.99 Å². The summed E-state index contributed by atoms with van der Waals surface area (Å²) in [6.45, 7) is 0. The zero-order chi connectivity index (χ0) is 21.4. The quantitative estimate of drug-likeness (QED) is 0.571. The first-order valence-corrected chi connectivity index (χ1v) is 7.96. The van der Waals surface area contributed by atoms with Gasteiger partial charge in [-0.2, -0.15) is 26.3 Å². The molecule has 0 unspecified atom stereocenters. The van der Waals surface area contributed by atoms with E-state index in [4.69, 9.17) is 0 Å². The molecule has 0 amide bonds. The van der Waals surface area contributed by atoms with Gasteiger partial charge in [0.15, 0.2) is 5.78 Å². The van der Waals surface area contributed by atoms with Gasteiger partial charge in [-0.15, -0.1) is 0 Å². The first-order chi connectivity index (χ1) is 13.5. The van der Waals surface area contributed by atoms with Crippen molar-refractivity contribution >= 4 is 29.2 Å². The molecule has 3 rings (SSSR count). The highest BCUT2D eigenvalue weighted by Gasteiger charge is 2.47. The number of hydrogen-bond donors (Lipinski definition) is 1. The van der Waals surface area contributed by atoms with E-state index in [0.29, 0.717) is 5.56 Å². The third-order valence-electron chi connectivity index (χ3n) is 3.94. The zero-order valence-corrected chi connectivity index (χ0v) is 14.2. The monoisotopic (exact) mass is 412 g/mol. The third-order valence-corrected chi connectivity index (χ3v) is 3.94. The summed E-state index contributed by atoms with van der Waals surface area (Å²) >= 11 is 0. The summed E-state index contributed by atoms with van der Waals surface area (Å²) in [5.41, 5.74) is -3.71. The molecule has 150 valence electrons. The Labute approximate surface area is 159 Å². The Morgan fingerprint density at radius 2 is 1.52 bits per heavy atom. The second-order valence-corrected chi connectivity index (χ2v) is 5.92. The highest BCUT2D eigenvalue weighted by Crippen LogP contribution is 2.38. The van der Waals surface area contributed by atoms with Gasteiger partial charge >= 0.3 is 12.4 Å². The fourth-order valence-electron chi connectivity index (χ4n) is 2.59. The number of nitrogens with one attached hydrogen (secondary N) is 1. The summed E-state index contributed by atoms with van der Waals surface area (Å²) < 4.78 is 78.1. The van der Waals surface area contributed by atoms with Crippen LogP contribution in [0.15, 0.2) is 64.8 Å². The number of rotatable bonds is 3. The normalized spacial score (nSPS) is 14.1. The number of allylic oxidation sites excluding steroid dienone is 2. The maximum absolute atomic E-state index is 13.3. The number of carbonyl (C=O) groups excluding carboxylic acids is 2. The van der Waals surface area contributed by atoms with Crippen LogP contribution < -0.4 is 5.32 Å². The van der Waals surface area contributed by atoms with Crippen molar-refractivity contribution < 1.29 is 35.9 Å². The summed E-state index contributed by atoms with van der Waals surface area (Å²) in [5, 5.41) is 1.81. The van der Waals surface area contributed by atoms with Crippen LogP contribution in [0.25, 0.3) is 0 Å². The van der Waals surface area contributed by atoms with Gasteiger partial charge in [-0.1, -0.05) is 30.3 Å². The van der Waals surface area contributed by atoms with Crippen molar-refractivity contribution in [2.24, 2.45) is 4.99 Å². The molecule has 4 nitrogen and oxygen atoms in total. The summed E-state index contributed by atoms with van der Waals surface area (Å²) in [5.74, 6) is -3.14. The minimum Gasteiger partial charge on any atom is -0.349 e. The average molecular weight is 412 g/mol. The second-order valence-electron chi connectivity index (χ2n) is 5.92. The number of alkyl halides is 6. The highest BCUT2D eigenvalue weighted by molar-refractivity contribution is 6.18. The van der Waals surface area contributed by atoms with Crippen molar-refractivity contribution in [1.29, 1.82) is 0 Å². The standard InChI is InChI=1S/C19H10F6N2O2/c20-18(21,22)16-12(17(29)19(23,24)25)9-26-14-8-11(6-7-13(14)27-16)15(28)10-4-2-1-3-5-10/h1-9,27H.